The lowest BCUT2D eigenvalue weighted by Gasteiger charge is -1.96. The molecule has 0 rings (SSSR count). The Hall–Kier alpha value is -0.630. The molecule has 0 aromatic carbocycles. The largest absolute Gasteiger partial charge is 0.381 e. The van der Waals surface area contributed by atoms with Gasteiger partial charge in [-0.3, -0.25) is 4.79 Å². The number of carbonyl (C=O) groups excluding carboxylic acids is 1. The summed E-state index contributed by atoms with van der Waals surface area (Å²) in [4.78, 5) is 10.4. The molecule has 0 aromatic heterocycles. The Kier molecular flexibility index (Phi) is 4.85. The molecule has 0 aliphatic rings. The van der Waals surface area contributed by atoms with Crippen molar-refractivity contribution < 1.29 is 9.90 Å². The third-order valence-electron chi connectivity index (χ3n) is 1.19. The predicted octanol–water partition coefficient (Wildman–Crippen LogP) is 1.29. The monoisotopic (exact) mass is 142 g/mol. The molecule has 0 saturated carbocycles. The molecule has 2 heteroatoms. The zero-order chi connectivity index (χ0) is 7.98. The second-order valence-electron chi connectivity index (χ2n) is 2.27. The quantitative estimate of drug-likeness (QED) is 0.600. The van der Waals surface area contributed by atoms with E-state index >= 15 is 0 Å². The predicted molar refractivity (Wildman–Crippen MR) is 40.7 cm³/mol. The van der Waals surface area contributed by atoms with Gasteiger partial charge in [-0.05, 0) is 13.3 Å². The zero-order valence-electron chi connectivity index (χ0n) is 6.50. The number of rotatable bonds is 4. The number of allylic oxidation sites excluding steroid dienone is 1. The normalized spacial score (nSPS) is 13.9. The lowest BCUT2D eigenvalue weighted by atomic mass is 10.2. The van der Waals surface area contributed by atoms with Gasteiger partial charge < -0.3 is 5.11 Å². The summed E-state index contributed by atoms with van der Waals surface area (Å²) >= 11 is 0. The van der Waals surface area contributed by atoms with Gasteiger partial charge in [-0.2, -0.15) is 0 Å². The van der Waals surface area contributed by atoms with Crippen LogP contribution in [-0.4, -0.2) is 17.0 Å². The van der Waals surface area contributed by atoms with E-state index in [2.05, 4.69) is 0 Å². The maximum atomic E-state index is 10.4. The van der Waals surface area contributed by atoms with E-state index < -0.39 is 6.10 Å². The van der Waals surface area contributed by atoms with E-state index in [1.54, 1.807) is 0 Å². The van der Waals surface area contributed by atoms with Gasteiger partial charge >= 0.3 is 0 Å². The first-order chi connectivity index (χ1) is 4.68. The van der Waals surface area contributed by atoms with Crippen LogP contribution in [0, 0.1) is 0 Å². The topological polar surface area (TPSA) is 37.3 Å². The third-order valence-corrected chi connectivity index (χ3v) is 1.19. The number of aliphatic hydroxyl groups excluding tert-OH is 1. The summed E-state index contributed by atoms with van der Waals surface area (Å²) in [6, 6.07) is 0. The fourth-order valence-corrected chi connectivity index (χ4v) is 0.527. The Bertz CT molecular complexity index is 127. The van der Waals surface area contributed by atoms with Crippen molar-refractivity contribution in [1.29, 1.82) is 0 Å². The lowest BCUT2D eigenvalue weighted by molar-refractivity contribution is -0.122. The summed E-state index contributed by atoms with van der Waals surface area (Å²) in [5, 5.41) is 8.92. The average Bonchev–Trinajstić information content (AvgIpc) is 1.88. The van der Waals surface area contributed by atoms with Crippen molar-refractivity contribution >= 4 is 5.78 Å². The van der Waals surface area contributed by atoms with E-state index in [9.17, 15) is 4.79 Å². The van der Waals surface area contributed by atoms with Crippen molar-refractivity contribution in [1.82, 2.24) is 0 Å². The molecule has 0 amide bonds. The number of aliphatic hydroxyl groups is 1. The summed E-state index contributed by atoms with van der Waals surface area (Å²) in [5.74, 6) is -0.202. The highest BCUT2D eigenvalue weighted by molar-refractivity contribution is 5.81. The van der Waals surface area contributed by atoms with Crippen LogP contribution in [0.15, 0.2) is 12.2 Å². The minimum Gasteiger partial charge on any atom is -0.381 e. The van der Waals surface area contributed by atoms with Crippen LogP contribution in [0.2, 0.25) is 0 Å². The molecule has 0 bridgehead atoms. The highest BCUT2D eigenvalue weighted by Gasteiger charge is 2.02. The van der Waals surface area contributed by atoms with Gasteiger partial charge in [-0.15, -0.1) is 0 Å². The van der Waals surface area contributed by atoms with Crippen LogP contribution in [0.4, 0.5) is 0 Å². The highest BCUT2D eigenvalue weighted by atomic mass is 16.3. The van der Waals surface area contributed by atoms with Crippen LogP contribution < -0.4 is 0 Å². The molecule has 0 aliphatic heterocycles. The van der Waals surface area contributed by atoms with Crippen molar-refractivity contribution in [2.75, 3.05) is 0 Å². The van der Waals surface area contributed by atoms with Gasteiger partial charge in [-0.25, -0.2) is 0 Å². The minimum atomic E-state index is -0.897. The molecule has 0 radical (unpaired) electrons. The van der Waals surface area contributed by atoms with Gasteiger partial charge in [0.1, 0.15) is 6.10 Å². The first kappa shape index (κ1) is 9.37. The summed E-state index contributed by atoms with van der Waals surface area (Å²) in [7, 11) is 0. The molecule has 0 heterocycles. The fourth-order valence-electron chi connectivity index (χ4n) is 0.527. The van der Waals surface area contributed by atoms with Gasteiger partial charge in [0.2, 0.25) is 0 Å². The molecule has 0 aromatic rings. The van der Waals surface area contributed by atoms with Gasteiger partial charge in [0.15, 0.2) is 5.78 Å². The molecule has 1 atom stereocenters. The maximum absolute atomic E-state index is 10.4. The Balaban J connectivity index is 3.55. The Morgan fingerprint density at radius 3 is 2.70 bits per heavy atom. The van der Waals surface area contributed by atoms with E-state index in [1.165, 1.54) is 13.0 Å². The van der Waals surface area contributed by atoms with E-state index in [1.807, 2.05) is 13.0 Å². The molecule has 0 saturated heterocycles. The number of hydrogen-bond donors (Lipinski definition) is 1. The maximum Gasteiger partial charge on any atom is 0.162 e. The van der Waals surface area contributed by atoms with Crippen molar-refractivity contribution in [3.63, 3.8) is 0 Å². The second-order valence-corrected chi connectivity index (χ2v) is 2.27. The molecule has 2 nitrogen and oxygen atoms in total. The summed E-state index contributed by atoms with van der Waals surface area (Å²) in [5.41, 5.74) is 0. The van der Waals surface area contributed by atoms with E-state index in [0.29, 0.717) is 0 Å². The van der Waals surface area contributed by atoms with Crippen LogP contribution in [0.1, 0.15) is 26.7 Å². The first-order valence-corrected chi connectivity index (χ1v) is 3.53. The molecule has 58 valence electrons. The zero-order valence-corrected chi connectivity index (χ0v) is 6.50. The summed E-state index contributed by atoms with van der Waals surface area (Å²) in [6.45, 7) is 3.42. The van der Waals surface area contributed by atoms with Crippen LogP contribution >= 0.6 is 0 Å². The molecule has 0 spiro atoms. The van der Waals surface area contributed by atoms with Crippen molar-refractivity contribution in [2.45, 2.75) is 32.8 Å². The van der Waals surface area contributed by atoms with Gasteiger partial charge in [0.25, 0.3) is 0 Å². The SMILES string of the molecule is CCCC=CC(O)C(C)=O. The Morgan fingerprint density at radius 1 is 1.70 bits per heavy atom. The van der Waals surface area contributed by atoms with Gasteiger partial charge in [0.05, 0.1) is 0 Å². The summed E-state index contributed by atoms with van der Waals surface area (Å²) < 4.78 is 0. The average molecular weight is 142 g/mol. The van der Waals surface area contributed by atoms with Crippen molar-refractivity contribution in [3.05, 3.63) is 12.2 Å². The highest BCUT2D eigenvalue weighted by Crippen LogP contribution is 1.92. The molecule has 1 unspecified atom stereocenters. The van der Waals surface area contributed by atoms with E-state index in [0.717, 1.165) is 12.8 Å². The van der Waals surface area contributed by atoms with Gasteiger partial charge in [-0.1, -0.05) is 25.5 Å². The standard InChI is InChI=1S/C8H14O2/c1-3-4-5-6-8(10)7(2)9/h5-6,8,10H,3-4H2,1-2H3. The number of ketones is 1. The Labute approximate surface area is 61.6 Å². The van der Waals surface area contributed by atoms with E-state index in [-0.39, 0.29) is 5.78 Å². The van der Waals surface area contributed by atoms with Crippen molar-refractivity contribution in [2.24, 2.45) is 0 Å². The molecular weight excluding hydrogens is 128 g/mol. The van der Waals surface area contributed by atoms with Gasteiger partial charge in [0, 0.05) is 0 Å². The number of unbranched alkanes of at least 4 members (excludes halogenated alkanes) is 1. The smallest absolute Gasteiger partial charge is 0.162 e. The van der Waals surface area contributed by atoms with Crippen LogP contribution in [0.25, 0.3) is 0 Å². The van der Waals surface area contributed by atoms with Crippen LogP contribution in [0.3, 0.4) is 0 Å². The van der Waals surface area contributed by atoms with E-state index in [4.69, 9.17) is 5.11 Å². The fraction of sp³-hybridized carbons (Fsp3) is 0.625. The van der Waals surface area contributed by atoms with Crippen LogP contribution in [0.5, 0.6) is 0 Å². The lowest BCUT2D eigenvalue weighted by Crippen LogP contribution is -2.12. The second kappa shape index (κ2) is 5.18. The number of Topliss-reactive ketones (excluding diaryl/α,β-unsaturated/α-hetero) is 1. The molecule has 10 heavy (non-hydrogen) atoms. The molecule has 1 N–H and O–H groups in total. The first-order valence-electron chi connectivity index (χ1n) is 3.53. The Morgan fingerprint density at radius 2 is 2.30 bits per heavy atom. The third kappa shape index (κ3) is 4.27. The molecule has 0 aliphatic carbocycles. The molecule has 0 fully saturated rings. The minimum absolute atomic E-state index is 0.202. The summed E-state index contributed by atoms with van der Waals surface area (Å²) in [6.07, 6.45) is 4.43. The van der Waals surface area contributed by atoms with Crippen molar-refractivity contribution in [3.8, 4) is 0 Å². The number of carbonyl (C=O) groups is 1. The van der Waals surface area contributed by atoms with Crippen LogP contribution in [-0.2, 0) is 4.79 Å². The number of hydrogen-bond acceptors (Lipinski definition) is 2. The molecular formula is C8H14O2.